The summed E-state index contributed by atoms with van der Waals surface area (Å²) in [6.45, 7) is 0.715. The fourth-order valence-electron chi connectivity index (χ4n) is 1.76. The van der Waals surface area contributed by atoms with Gasteiger partial charge in [-0.2, -0.15) is 0 Å². The number of hydrogen-bond donors (Lipinski definition) is 2. The highest BCUT2D eigenvalue weighted by atomic mass is 32.2. The zero-order valence-electron chi connectivity index (χ0n) is 11.4. The fourth-order valence-corrected chi connectivity index (χ4v) is 2.32. The van der Waals surface area contributed by atoms with Gasteiger partial charge in [0.2, 0.25) is 5.91 Å². The predicted molar refractivity (Wildman–Crippen MR) is 79.5 cm³/mol. The van der Waals surface area contributed by atoms with E-state index in [2.05, 4.69) is 5.32 Å². The number of benzene rings is 1. The molecule has 0 bridgehead atoms. The summed E-state index contributed by atoms with van der Waals surface area (Å²) in [7, 11) is -1.03. The third kappa shape index (κ3) is 6.50. The Labute approximate surface area is 117 Å². The predicted octanol–water partition coefficient (Wildman–Crippen LogP) is 2.27. The van der Waals surface area contributed by atoms with Crippen LogP contribution in [0, 0.1) is 0 Å². The van der Waals surface area contributed by atoms with E-state index in [4.69, 9.17) is 5.73 Å². The molecule has 0 heterocycles. The summed E-state index contributed by atoms with van der Waals surface area (Å²) in [5.41, 5.74) is 6.12. The molecule has 1 rings (SSSR count). The number of amides is 1. The molecule has 1 atom stereocenters. The second kappa shape index (κ2) is 8.82. The molecule has 5 heteroatoms. The van der Waals surface area contributed by atoms with Gasteiger partial charge in [0.15, 0.2) is 0 Å². The van der Waals surface area contributed by atoms with Crippen LogP contribution < -0.4 is 11.1 Å². The Morgan fingerprint density at radius 1 is 1.26 bits per heavy atom. The molecule has 1 aromatic rings. The van der Waals surface area contributed by atoms with E-state index in [1.54, 1.807) is 24.5 Å². The van der Waals surface area contributed by atoms with Crippen molar-refractivity contribution in [3.8, 4) is 0 Å². The SMILES string of the molecule is CS(=O)c1cccc(NC(=O)CCCCCCN)c1. The number of unbranched alkanes of at least 4 members (excludes halogenated alkanes) is 3. The Morgan fingerprint density at radius 2 is 2.00 bits per heavy atom. The minimum Gasteiger partial charge on any atom is -0.330 e. The molecule has 19 heavy (non-hydrogen) atoms. The highest BCUT2D eigenvalue weighted by molar-refractivity contribution is 7.84. The smallest absolute Gasteiger partial charge is 0.224 e. The normalized spacial score (nSPS) is 12.1. The highest BCUT2D eigenvalue weighted by Crippen LogP contribution is 2.14. The van der Waals surface area contributed by atoms with Gasteiger partial charge in [0.25, 0.3) is 0 Å². The first-order chi connectivity index (χ1) is 9.13. The molecule has 4 nitrogen and oxygen atoms in total. The summed E-state index contributed by atoms with van der Waals surface area (Å²) in [4.78, 5) is 12.4. The molecule has 3 N–H and O–H groups in total. The molecule has 0 aliphatic heterocycles. The number of carbonyl (C=O) groups is 1. The van der Waals surface area contributed by atoms with Gasteiger partial charge < -0.3 is 11.1 Å². The average molecular weight is 282 g/mol. The van der Waals surface area contributed by atoms with E-state index in [0.29, 0.717) is 18.7 Å². The van der Waals surface area contributed by atoms with E-state index < -0.39 is 10.8 Å². The largest absolute Gasteiger partial charge is 0.330 e. The van der Waals surface area contributed by atoms with Crippen LogP contribution in [-0.4, -0.2) is 22.9 Å². The van der Waals surface area contributed by atoms with Gasteiger partial charge in [-0.3, -0.25) is 9.00 Å². The van der Waals surface area contributed by atoms with Gasteiger partial charge in [-0.1, -0.05) is 18.9 Å². The Kier molecular flexibility index (Phi) is 7.36. The summed E-state index contributed by atoms with van der Waals surface area (Å²) in [6, 6.07) is 7.15. The summed E-state index contributed by atoms with van der Waals surface area (Å²) in [5.74, 6) is 0.00628. The molecular formula is C14H22N2O2S. The number of carbonyl (C=O) groups excluding carboxylic acids is 1. The number of rotatable bonds is 8. The average Bonchev–Trinajstić information content (AvgIpc) is 2.38. The molecule has 0 radical (unpaired) electrons. The Morgan fingerprint density at radius 3 is 2.68 bits per heavy atom. The monoisotopic (exact) mass is 282 g/mol. The van der Waals surface area contributed by atoms with Crippen molar-refractivity contribution in [1.29, 1.82) is 0 Å². The number of hydrogen-bond acceptors (Lipinski definition) is 3. The van der Waals surface area contributed by atoms with E-state index in [-0.39, 0.29) is 5.91 Å². The zero-order valence-corrected chi connectivity index (χ0v) is 12.2. The van der Waals surface area contributed by atoms with Crippen LogP contribution in [0.2, 0.25) is 0 Å². The molecule has 1 aromatic carbocycles. The molecule has 0 saturated carbocycles. The molecular weight excluding hydrogens is 260 g/mol. The van der Waals surface area contributed by atoms with Crippen LogP contribution >= 0.6 is 0 Å². The van der Waals surface area contributed by atoms with Gasteiger partial charge in [-0.25, -0.2) is 0 Å². The summed E-state index contributed by atoms with van der Waals surface area (Å²) in [5, 5.41) is 2.83. The minimum atomic E-state index is -1.03. The number of anilines is 1. The van der Waals surface area contributed by atoms with Gasteiger partial charge in [-0.05, 0) is 37.6 Å². The lowest BCUT2D eigenvalue weighted by Crippen LogP contribution is -2.11. The molecule has 0 spiro atoms. The van der Waals surface area contributed by atoms with Crippen molar-refractivity contribution in [2.24, 2.45) is 5.73 Å². The van der Waals surface area contributed by atoms with E-state index in [9.17, 15) is 9.00 Å². The van der Waals surface area contributed by atoms with Crippen LogP contribution in [0.4, 0.5) is 5.69 Å². The zero-order chi connectivity index (χ0) is 14.1. The van der Waals surface area contributed by atoms with Crippen molar-refractivity contribution >= 4 is 22.4 Å². The molecule has 106 valence electrons. The summed E-state index contributed by atoms with van der Waals surface area (Å²) < 4.78 is 11.3. The van der Waals surface area contributed by atoms with E-state index in [1.807, 2.05) is 6.07 Å². The Hall–Kier alpha value is -1.20. The van der Waals surface area contributed by atoms with Gasteiger partial charge in [-0.15, -0.1) is 0 Å². The lowest BCUT2D eigenvalue weighted by molar-refractivity contribution is -0.116. The molecule has 0 aliphatic rings. The lowest BCUT2D eigenvalue weighted by Gasteiger charge is -2.06. The van der Waals surface area contributed by atoms with Gasteiger partial charge >= 0.3 is 0 Å². The molecule has 0 fully saturated rings. The van der Waals surface area contributed by atoms with Crippen molar-refractivity contribution in [1.82, 2.24) is 0 Å². The van der Waals surface area contributed by atoms with Crippen LogP contribution in [0.5, 0.6) is 0 Å². The Bertz CT molecular complexity index is 435. The standard InChI is InChI=1S/C14H22N2O2S/c1-19(18)13-8-6-7-12(11-13)16-14(17)9-4-2-3-5-10-15/h6-8,11H,2-5,9-10,15H2,1H3,(H,16,17). The van der Waals surface area contributed by atoms with Crippen LogP contribution in [-0.2, 0) is 15.6 Å². The van der Waals surface area contributed by atoms with Crippen LogP contribution in [0.1, 0.15) is 32.1 Å². The van der Waals surface area contributed by atoms with Gasteiger partial charge in [0, 0.05) is 34.1 Å². The van der Waals surface area contributed by atoms with Crippen molar-refractivity contribution in [3.63, 3.8) is 0 Å². The maximum Gasteiger partial charge on any atom is 0.224 e. The second-order valence-corrected chi connectivity index (χ2v) is 5.86. The van der Waals surface area contributed by atoms with E-state index in [0.717, 1.165) is 30.6 Å². The van der Waals surface area contributed by atoms with Gasteiger partial charge in [0.05, 0.1) is 0 Å². The molecule has 0 aromatic heterocycles. The second-order valence-electron chi connectivity index (χ2n) is 4.48. The third-order valence-electron chi connectivity index (χ3n) is 2.81. The van der Waals surface area contributed by atoms with E-state index >= 15 is 0 Å². The summed E-state index contributed by atoms with van der Waals surface area (Å²) >= 11 is 0. The molecule has 1 amide bonds. The first kappa shape index (κ1) is 15.9. The van der Waals surface area contributed by atoms with Crippen molar-refractivity contribution in [2.75, 3.05) is 18.1 Å². The van der Waals surface area contributed by atoms with Crippen molar-refractivity contribution in [2.45, 2.75) is 37.0 Å². The molecule has 1 unspecified atom stereocenters. The fraction of sp³-hybridized carbons (Fsp3) is 0.500. The number of nitrogens with two attached hydrogens (primary N) is 1. The van der Waals surface area contributed by atoms with Crippen LogP contribution in [0.25, 0.3) is 0 Å². The first-order valence-corrected chi connectivity index (χ1v) is 8.12. The maximum atomic E-state index is 11.7. The van der Waals surface area contributed by atoms with Crippen molar-refractivity contribution < 1.29 is 9.00 Å². The molecule has 0 saturated heterocycles. The quantitative estimate of drug-likeness (QED) is 0.718. The highest BCUT2D eigenvalue weighted by Gasteiger charge is 2.04. The first-order valence-electron chi connectivity index (χ1n) is 6.57. The molecule has 0 aliphatic carbocycles. The Balaban J connectivity index is 2.35. The number of nitrogens with one attached hydrogen (secondary N) is 1. The van der Waals surface area contributed by atoms with Crippen LogP contribution in [0.3, 0.4) is 0 Å². The lowest BCUT2D eigenvalue weighted by atomic mass is 10.1. The topological polar surface area (TPSA) is 72.2 Å². The summed E-state index contributed by atoms with van der Waals surface area (Å²) in [6.07, 6.45) is 6.15. The van der Waals surface area contributed by atoms with Gasteiger partial charge in [0.1, 0.15) is 0 Å². The van der Waals surface area contributed by atoms with Crippen LogP contribution in [0.15, 0.2) is 29.2 Å². The maximum absolute atomic E-state index is 11.7. The van der Waals surface area contributed by atoms with Crippen molar-refractivity contribution in [3.05, 3.63) is 24.3 Å². The van der Waals surface area contributed by atoms with E-state index in [1.165, 1.54) is 0 Å². The third-order valence-corrected chi connectivity index (χ3v) is 3.73. The minimum absolute atomic E-state index is 0.00628.